The number of nitrogens with zero attached hydrogens (tertiary/aromatic N) is 2. The molecule has 1 unspecified atom stereocenters. The van der Waals surface area contributed by atoms with Gasteiger partial charge in [0.15, 0.2) is 5.60 Å². The first-order valence-corrected chi connectivity index (χ1v) is 13.0. The zero-order valence-corrected chi connectivity index (χ0v) is 24.1. The molecule has 2 aromatic rings. The number of hydrogen-bond acceptors (Lipinski definition) is 5. The van der Waals surface area contributed by atoms with Crippen LogP contribution in [0.15, 0.2) is 67.0 Å². The van der Waals surface area contributed by atoms with Crippen LogP contribution >= 0.6 is 0 Å². The highest BCUT2D eigenvalue weighted by Crippen LogP contribution is 2.47. The second-order valence-corrected chi connectivity index (χ2v) is 11.4. The van der Waals surface area contributed by atoms with E-state index in [2.05, 4.69) is 61.8 Å². The highest BCUT2D eigenvalue weighted by Gasteiger charge is 2.54. The van der Waals surface area contributed by atoms with Crippen molar-refractivity contribution in [3.63, 3.8) is 0 Å². The molecule has 5 nitrogen and oxygen atoms in total. The predicted octanol–water partition coefficient (Wildman–Crippen LogP) is 2.79. The quantitative estimate of drug-likeness (QED) is 0.479. The van der Waals surface area contributed by atoms with Crippen LogP contribution in [0.3, 0.4) is 0 Å². The molecule has 4 rings (SSSR count). The van der Waals surface area contributed by atoms with Crippen molar-refractivity contribution < 1.29 is 40.4 Å². The smallest absolute Gasteiger partial charge is 0.343 e. The third kappa shape index (κ3) is 6.57. The summed E-state index contributed by atoms with van der Waals surface area (Å²) in [4.78, 5) is 17.4. The number of alkyl halides is 2. The molecule has 0 spiro atoms. The molecule has 0 bridgehead atoms. The molecule has 0 amide bonds. The molecule has 0 aromatic heterocycles. The number of hydrogen-bond donors (Lipinski definition) is 1. The van der Waals surface area contributed by atoms with Crippen LogP contribution in [-0.4, -0.2) is 46.1 Å². The average Bonchev–Trinajstić information content (AvgIpc) is 3.40. The van der Waals surface area contributed by atoms with Crippen molar-refractivity contribution in [2.24, 2.45) is 5.92 Å². The van der Waals surface area contributed by atoms with Crippen molar-refractivity contribution >= 4 is 5.97 Å². The van der Waals surface area contributed by atoms with Crippen molar-refractivity contribution in [1.29, 1.82) is 0 Å². The Bertz CT molecular complexity index is 1100. The van der Waals surface area contributed by atoms with Gasteiger partial charge < -0.3 is 36.6 Å². The van der Waals surface area contributed by atoms with Gasteiger partial charge in [-0.25, -0.2) is 13.6 Å². The van der Waals surface area contributed by atoms with Gasteiger partial charge >= 0.3 is 5.97 Å². The number of carbonyl (C=O) groups is 1. The standard InChI is InChI=1S/C30H38F2N2O3.BrH/c1-22-33(16-17-34(22)21-23-10-12-24(13-11-23)28(2,3)4)18-19-37-27(35)30(36,25-8-6-5-7-9-25)26-14-15-29(31,32)20-26;/h5-13,16-17,22,26,36H,14-15,18-21H2,1-4H3;1H/p-1/t22?,26-,30+;/m1./s1. The molecular weight excluding hydrogens is 554 g/mol. The summed E-state index contributed by atoms with van der Waals surface area (Å²) >= 11 is 0. The molecule has 0 radical (unpaired) electrons. The van der Waals surface area contributed by atoms with Crippen LogP contribution in [0.5, 0.6) is 0 Å². The zero-order chi connectivity index (χ0) is 26.8. The SMILES string of the molecule is CC1N(CCOC(=O)[C@](O)(c2ccccc2)[C@@H]2CCC(F)(F)C2)C=CN1Cc1ccc(C(C)(C)C)cc1.[Br-]. The fourth-order valence-corrected chi connectivity index (χ4v) is 5.25. The summed E-state index contributed by atoms with van der Waals surface area (Å²) in [7, 11) is 0. The second kappa shape index (κ2) is 11.7. The summed E-state index contributed by atoms with van der Waals surface area (Å²) in [6.07, 6.45) is 3.22. The van der Waals surface area contributed by atoms with Gasteiger partial charge in [0.05, 0.1) is 12.7 Å². The number of rotatable bonds is 8. The minimum Gasteiger partial charge on any atom is -1.00 e. The Morgan fingerprint density at radius 2 is 1.66 bits per heavy atom. The lowest BCUT2D eigenvalue weighted by Gasteiger charge is -2.33. The maximum atomic E-state index is 14.0. The summed E-state index contributed by atoms with van der Waals surface area (Å²) in [5.74, 6) is -4.66. The maximum Gasteiger partial charge on any atom is 0.343 e. The topological polar surface area (TPSA) is 53.0 Å². The highest BCUT2D eigenvalue weighted by molar-refractivity contribution is 5.81. The van der Waals surface area contributed by atoms with E-state index in [0.29, 0.717) is 12.1 Å². The Kier molecular flexibility index (Phi) is 9.30. The third-order valence-electron chi connectivity index (χ3n) is 7.70. The van der Waals surface area contributed by atoms with Crippen LogP contribution in [0.25, 0.3) is 0 Å². The molecule has 1 aliphatic heterocycles. The molecule has 1 aliphatic carbocycles. The fourth-order valence-electron chi connectivity index (χ4n) is 5.25. The van der Waals surface area contributed by atoms with Crippen LogP contribution in [-0.2, 0) is 27.1 Å². The minimum atomic E-state index is -2.89. The van der Waals surface area contributed by atoms with E-state index in [-0.39, 0.29) is 48.0 Å². The van der Waals surface area contributed by atoms with E-state index >= 15 is 0 Å². The molecule has 208 valence electrons. The van der Waals surface area contributed by atoms with Gasteiger partial charge in [0.25, 0.3) is 0 Å². The monoisotopic (exact) mass is 591 g/mol. The Morgan fingerprint density at radius 3 is 2.24 bits per heavy atom. The average molecular weight is 593 g/mol. The summed E-state index contributed by atoms with van der Waals surface area (Å²) in [6.45, 7) is 9.88. The van der Waals surface area contributed by atoms with Crippen LogP contribution < -0.4 is 17.0 Å². The van der Waals surface area contributed by atoms with Gasteiger partial charge in [-0.2, -0.15) is 0 Å². The summed E-state index contributed by atoms with van der Waals surface area (Å²) < 4.78 is 33.5. The molecule has 1 fully saturated rings. The van der Waals surface area contributed by atoms with E-state index in [0.717, 1.165) is 6.54 Å². The number of aliphatic hydroxyl groups is 1. The first kappa shape index (κ1) is 30.1. The van der Waals surface area contributed by atoms with Crippen LogP contribution in [0.1, 0.15) is 63.6 Å². The molecule has 1 saturated carbocycles. The van der Waals surface area contributed by atoms with Crippen molar-refractivity contribution in [3.05, 3.63) is 83.7 Å². The minimum absolute atomic E-state index is 0. The van der Waals surface area contributed by atoms with Crippen LogP contribution in [0.2, 0.25) is 0 Å². The predicted molar refractivity (Wildman–Crippen MR) is 140 cm³/mol. The molecule has 2 aromatic carbocycles. The van der Waals surface area contributed by atoms with E-state index in [9.17, 15) is 18.7 Å². The first-order chi connectivity index (χ1) is 17.4. The van der Waals surface area contributed by atoms with Crippen LogP contribution in [0, 0.1) is 5.92 Å². The van der Waals surface area contributed by atoms with E-state index in [1.54, 1.807) is 30.3 Å². The molecule has 1 heterocycles. The normalized spacial score (nSPS) is 22.2. The Hall–Kier alpha value is -2.45. The van der Waals surface area contributed by atoms with E-state index in [1.807, 2.05) is 12.4 Å². The molecule has 38 heavy (non-hydrogen) atoms. The highest BCUT2D eigenvalue weighted by atomic mass is 79.9. The molecule has 8 heteroatoms. The fraction of sp³-hybridized carbons (Fsp3) is 0.500. The van der Waals surface area contributed by atoms with Gasteiger partial charge in [0, 0.05) is 37.7 Å². The Morgan fingerprint density at radius 1 is 1.03 bits per heavy atom. The zero-order valence-electron chi connectivity index (χ0n) is 22.5. The number of halogens is 3. The lowest BCUT2D eigenvalue weighted by atomic mass is 9.80. The van der Waals surface area contributed by atoms with Gasteiger partial charge in [-0.1, -0.05) is 75.4 Å². The number of carbonyl (C=O) groups excluding carboxylic acids is 1. The first-order valence-electron chi connectivity index (χ1n) is 13.0. The lowest BCUT2D eigenvalue weighted by molar-refractivity contribution is -0.175. The molecular formula is C30H38BrF2N2O3-. The maximum absolute atomic E-state index is 14.0. The van der Waals surface area contributed by atoms with Crippen molar-refractivity contribution in [2.45, 2.75) is 76.6 Å². The number of esters is 1. The van der Waals surface area contributed by atoms with Gasteiger partial charge in [-0.15, -0.1) is 0 Å². The van der Waals surface area contributed by atoms with Crippen LogP contribution in [0.4, 0.5) is 8.78 Å². The van der Waals surface area contributed by atoms with E-state index in [1.165, 1.54) is 11.1 Å². The lowest BCUT2D eigenvalue weighted by Crippen LogP contribution is -3.00. The largest absolute Gasteiger partial charge is 1.00 e. The Balaban J connectivity index is 0.00000400. The van der Waals surface area contributed by atoms with Gasteiger partial charge in [0.2, 0.25) is 5.92 Å². The van der Waals surface area contributed by atoms with Crippen molar-refractivity contribution in [1.82, 2.24) is 9.80 Å². The van der Waals surface area contributed by atoms with Gasteiger partial charge in [-0.05, 0) is 35.4 Å². The molecule has 3 atom stereocenters. The van der Waals surface area contributed by atoms with E-state index in [4.69, 9.17) is 4.74 Å². The number of benzene rings is 2. The van der Waals surface area contributed by atoms with Gasteiger partial charge in [-0.3, -0.25) is 0 Å². The Labute approximate surface area is 235 Å². The molecule has 1 N–H and O–H groups in total. The molecule has 0 saturated heterocycles. The summed E-state index contributed by atoms with van der Waals surface area (Å²) in [6, 6.07) is 17.0. The van der Waals surface area contributed by atoms with Gasteiger partial charge in [0.1, 0.15) is 6.61 Å². The second-order valence-electron chi connectivity index (χ2n) is 11.4. The molecule has 2 aliphatic rings. The third-order valence-corrected chi connectivity index (χ3v) is 7.70. The summed E-state index contributed by atoms with van der Waals surface area (Å²) in [5, 5.41) is 11.5. The van der Waals surface area contributed by atoms with E-state index < -0.39 is 29.8 Å². The van der Waals surface area contributed by atoms with Crippen molar-refractivity contribution in [3.8, 4) is 0 Å². The summed E-state index contributed by atoms with van der Waals surface area (Å²) in [5.41, 5.74) is 0.805. The van der Waals surface area contributed by atoms with Crippen molar-refractivity contribution in [2.75, 3.05) is 13.2 Å². The number of ether oxygens (including phenoxy) is 1.